The molecule has 0 bridgehead atoms. The monoisotopic (exact) mass is 208 g/mol. The summed E-state index contributed by atoms with van der Waals surface area (Å²) >= 11 is 0. The molecule has 1 aromatic rings. The molecule has 2 heterocycles. The average molecular weight is 208 g/mol. The Labute approximate surface area is 87.1 Å². The first-order chi connectivity index (χ1) is 7.25. The fourth-order valence-electron chi connectivity index (χ4n) is 1.21. The van der Waals surface area contributed by atoms with Gasteiger partial charge in [-0.05, 0) is 12.5 Å². The highest BCUT2D eigenvalue weighted by atomic mass is 16.5. The number of aromatic carboxylic acids is 1. The summed E-state index contributed by atoms with van der Waals surface area (Å²) in [6.07, 6.45) is 0.930. The molecular formula is C10H12N2O3. The topological polar surface area (TPSA) is 81.4 Å². The van der Waals surface area contributed by atoms with Gasteiger partial charge in [-0.2, -0.15) is 0 Å². The lowest BCUT2D eigenvalue weighted by Gasteiger charge is -2.04. The summed E-state index contributed by atoms with van der Waals surface area (Å²) in [5.41, 5.74) is 0.0112. The molecule has 0 spiro atoms. The molecule has 1 fully saturated rings. The third kappa shape index (κ3) is 2.92. The molecule has 1 unspecified atom stereocenters. The minimum Gasteiger partial charge on any atom is -0.478 e. The van der Waals surface area contributed by atoms with Crippen LogP contribution in [0.2, 0.25) is 0 Å². The van der Waals surface area contributed by atoms with E-state index in [9.17, 15) is 4.79 Å². The Kier molecular flexibility index (Phi) is 2.82. The van der Waals surface area contributed by atoms with Crippen molar-refractivity contribution in [1.82, 2.24) is 10.3 Å². The number of ether oxygens (including phenoxy) is 1. The van der Waals surface area contributed by atoms with Crippen LogP contribution in [0.1, 0.15) is 16.9 Å². The fourth-order valence-corrected chi connectivity index (χ4v) is 1.21. The molecule has 1 saturated heterocycles. The van der Waals surface area contributed by atoms with Crippen LogP contribution in [0, 0.1) is 0 Å². The second kappa shape index (κ2) is 4.27. The molecule has 15 heavy (non-hydrogen) atoms. The van der Waals surface area contributed by atoms with Gasteiger partial charge in [0, 0.05) is 18.7 Å². The molecule has 1 atom stereocenters. The predicted octanol–water partition coefficient (Wildman–Crippen LogP) is 0.520. The van der Waals surface area contributed by atoms with Crippen molar-refractivity contribution in [3.63, 3.8) is 0 Å². The number of nitrogens with zero attached hydrogens (tertiary/aromatic N) is 1. The molecule has 5 nitrogen and oxygen atoms in total. The van der Waals surface area contributed by atoms with Gasteiger partial charge in [-0.25, -0.2) is 9.78 Å². The van der Waals surface area contributed by atoms with Crippen LogP contribution in [0.3, 0.4) is 0 Å². The van der Waals surface area contributed by atoms with Gasteiger partial charge >= 0.3 is 5.97 Å². The lowest BCUT2D eigenvalue weighted by atomic mass is 10.3. The van der Waals surface area contributed by atoms with Crippen molar-refractivity contribution in [2.24, 2.45) is 0 Å². The van der Waals surface area contributed by atoms with Crippen LogP contribution in [-0.2, 0) is 0 Å². The molecule has 1 aliphatic heterocycles. The van der Waals surface area contributed by atoms with E-state index in [2.05, 4.69) is 10.3 Å². The van der Waals surface area contributed by atoms with Gasteiger partial charge in [0.25, 0.3) is 0 Å². The van der Waals surface area contributed by atoms with Gasteiger partial charge < -0.3 is 15.2 Å². The molecule has 0 saturated carbocycles. The molecule has 1 aromatic heterocycles. The summed E-state index contributed by atoms with van der Waals surface area (Å²) in [5, 5.41) is 11.9. The second-order valence-corrected chi connectivity index (χ2v) is 3.41. The van der Waals surface area contributed by atoms with E-state index in [-0.39, 0.29) is 5.69 Å². The molecule has 0 aliphatic carbocycles. The number of carboxylic acids is 1. The second-order valence-electron chi connectivity index (χ2n) is 3.41. The number of hydrogen-bond acceptors (Lipinski definition) is 4. The van der Waals surface area contributed by atoms with Crippen LogP contribution >= 0.6 is 0 Å². The Hall–Kier alpha value is -1.62. The maximum absolute atomic E-state index is 10.6. The summed E-state index contributed by atoms with van der Waals surface area (Å²) in [6, 6.07) is 5.29. The number of carbonyl (C=O) groups is 1. The normalized spacial score (nSPS) is 18.5. The minimum absolute atomic E-state index is 0.0112. The molecule has 2 rings (SSSR count). The Balaban J connectivity index is 1.88. The number of pyridine rings is 1. The summed E-state index contributed by atoms with van der Waals surface area (Å²) in [7, 11) is 0. The Morgan fingerprint density at radius 2 is 2.47 bits per heavy atom. The van der Waals surface area contributed by atoms with Crippen molar-refractivity contribution in [3.05, 3.63) is 23.9 Å². The van der Waals surface area contributed by atoms with Gasteiger partial charge in [-0.3, -0.25) is 0 Å². The third-order valence-electron chi connectivity index (χ3n) is 2.15. The van der Waals surface area contributed by atoms with Gasteiger partial charge in [0.15, 0.2) is 5.69 Å². The first-order valence-electron chi connectivity index (χ1n) is 4.82. The summed E-state index contributed by atoms with van der Waals surface area (Å²) < 4.78 is 5.33. The molecule has 1 aliphatic rings. The largest absolute Gasteiger partial charge is 0.478 e. The maximum atomic E-state index is 10.6. The highest BCUT2D eigenvalue weighted by molar-refractivity contribution is 5.85. The van der Waals surface area contributed by atoms with E-state index in [0.29, 0.717) is 18.5 Å². The Morgan fingerprint density at radius 1 is 1.67 bits per heavy atom. The first kappa shape index (κ1) is 9.92. The molecule has 2 N–H and O–H groups in total. The van der Waals surface area contributed by atoms with Crippen LogP contribution in [-0.4, -0.2) is 35.3 Å². The smallest absolute Gasteiger partial charge is 0.354 e. The number of aromatic nitrogens is 1. The van der Waals surface area contributed by atoms with E-state index in [1.54, 1.807) is 12.1 Å². The van der Waals surface area contributed by atoms with Crippen molar-refractivity contribution in [1.29, 1.82) is 0 Å². The van der Waals surface area contributed by atoms with E-state index >= 15 is 0 Å². The molecular weight excluding hydrogens is 196 g/mol. The molecule has 80 valence electrons. The summed E-state index contributed by atoms with van der Waals surface area (Å²) in [6.45, 7) is 1.61. The van der Waals surface area contributed by atoms with E-state index in [1.165, 1.54) is 6.07 Å². The molecule has 0 amide bonds. The average Bonchev–Trinajstić information content (AvgIpc) is 3.02. The van der Waals surface area contributed by atoms with Crippen LogP contribution in [0.5, 0.6) is 5.88 Å². The van der Waals surface area contributed by atoms with Crippen molar-refractivity contribution in [2.75, 3.05) is 13.2 Å². The molecule has 0 aromatic carbocycles. The first-order valence-corrected chi connectivity index (χ1v) is 4.82. The number of rotatable bonds is 5. The zero-order valence-corrected chi connectivity index (χ0v) is 8.14. The Morgan fingerprint density at radius 3 is 3.13 bits per heavy atom. The zero-order valence-electron chi connectivity index (χ0n) is 8.14. The van der Waals surface area contributed by atoms with Gasteiger partial charge in [0.2, 0.25) is 5.88 Å². The van der Waals surface area contributed by atoms with Crippen LogP contribution in [0.15, 0.2) is 18.2 Å². The molecule has 0 radical (unpaired) electrons. The number of carboxylic acid groups (broad SMARTS) is 1. The van der Waals surface area contributed by atoms with Crippen molar-refractivity contribution in [3.8, 4) is 5.88 Å². The SMILES string of the molecule is O=C(O)c1cccc(OCCC2CN2)n1. The third-order valence-corrected chi connectivity index (χ3v) is 2.15. The van der Waals surface area contributed by atoms with Crippen molar-refractivity contribution >= 4 is 5.97 Å². The van der Waals surface area contributed by atoms with Crippen molar-refractivity contribution < 1.29 is 14.6 Å². The van der Waals surface area contributed by atoms with Crippen LogP contribution in [0.25, 0.3) is 0 Å². The highest BCUT2D eigenvalue weighted by Crippen LogP contribution is 2.09. The lowest BCUT2D eigenvalue weighted by molar-refractivity contribution is 0.0689. The van der Waals surface area contributed by atoms with E-state index in [1.807, 2.05) is 0 Å². The number of hydrogen-bond donors (Lipinski definition) is 2. The van der Waals surface area contributed by atoms with E-state index < -0.39 is 5.97 Å². The fraction of sp³-hybridized carbons (Fsp3) is 0.400. The standard InChI is InChI=1S/C10H12N2O3/c13-10(14)8-2-1-3-9(12-8)15-5-4-7-6-11-7/h1-3,7,11H,4-6H2,(H,13,14). The summed E-state index contributed by atoms with van der Waals surface area (Å²) in [4.78, 5) is 14.5. The maximum Gasteiger partial charge on any atom is 0.354 e. The Bertz CT molecular complexity index is 363. The lowest BCUT2D eigenvalue weighted by Crippen LogP contribution is -2.06. The van der Waals surface area contributed by atoms with Gasteiger partial charge in [-0.1, -0.05) is 6.07 Å². The van der Waals surface area contributed by atoms with Crippen molar-refractivity contribution in [2.45, 2.75) is 12.5 Å². The number of nitrogens with one attached hydrogen (secondary N) is 1. The van der Waals surface area contributed by atoms with Gasteiger partial charge in [0.1, 0.15) is 0 Å². The molecule has 5 heteroatoms. The summed E-state index contributed by atoms with van der Waals surface area (Å²) in [5.74, 6) is -0.667. The zero-order chi connectivity index (χ0) is 10.7. The highest BCUT2D eigenvalue weighted by Gasteiger charge is 2.19. The van der Waals surface area contributed by atoms with Crippen LogP contribution in [0.4, 0.5) is 0 Å². The quantitative estimate of drug-likeness (QED) is 0.689. The predicted molar refractivity (Wildman–Crippen MR) is 53.1 cm³/mol. The van der Waals surface area contributed by atoms with E-state index in [0.717, 1.165) is 13.0 Å². The van der Waals surface area contributed by atoms with E-state index in [4.69, 9.17) is 9.84 Å². The van der Waals surface area contributed by atoms with Gasteiger partial charge in [0.05, 0.1) is 6.61 Å². The van der Waals surface area contributed by atoms with Crippen LogP contribution < -0.4 is 10.1 Å². The minimum atomic E-state index is -1.04. The van der Waals surface area contributed by atoms with Gasteiger partial charge in [-0.15, -0.1) is 0 Å².